The first kappa shape index (κ1) is 18.3. The first-order chi connectivity index (χ1) is 13.6. The van der Waals surface area contributed by atoms with Crippen LogP contribution in [0.3, 0.4) is 0 Å². The zero-order valence-electron chi connectivity index (χ0n) is 16.5. The highest BCUT2D eigenvalue weighted by Crippen LogP contribution is 2.34. The second kappa shape index (κ2) is 7.50. The molecule has 0 aliphatic carbocycles. The van der Waals surface area contributed by atoms with Gasteiger partial charge in [0.25, 0.3) is 5.91 Å². The van der Waals surface area contributed by atoms with Gasteiger partial charge in [0.05, 0.1) is 24.0 Å². The molecule has 1 unspecified atom stereocenters. The maximum absolute atomic E-state index is 13.1. The van der Waals surface area contributed by atoms with Gasteiger partial charge in [-0.1, -0.05) is 12.1 Å². The van der Waals surface area contributed by atoms with Gasteiger partial charge in [0.2, 0.25) is 0 Å². The number of aryl methyl sites for hydroxylation is 2. The van der Waals surface area contributed by atoms with Gasteiger partial charge < -0.3 is 9.64 Å². The third-order valence-corrected chi connectivity index (χ3v) is 5.19. The quantitative estimate of drug-likeness (QED) is 0.736. The summed E-state index contributed by atoms with van der Waals surface area (Å²) in [4.78, 5) is 15.1. The van der Waals surface area contributed by atoms with Crippen molar-refractivity contribution in [1.29, 1.82) is 0 Å². The van der Waals surface area contributed by atoms with Gasteiger partial charge in [-0.15, -0.1) is 0 Å². The average Bonchev–Trinajstić information content (AvgIpc) is 3.41. The number of H-pyrrole nitrogens is 1. The summed E-state index contributed by atoms with van der Waals surface area (Å²) in [6, 6.07) is 9.95. The van der Waals surface area contributed by atoms with Crippen LogP contribution in [0.4, 0.5) is 0 Å². The van der Waals surface area contributed by atoms with Gasteiger partial charge in [0, 0.05) is 25.4 Å². The van der Waals surface area contributed by atoms with Gasteiger partial charge in [-0.05, 0) is 50.5 Å². The molecule has 1 aliphatic rings. The van der Waals surface area contributed by atoms with Crippen LogP contribution in [0.25, 0.3) is 11.3 Å². The number of hydrogen-bond acceptors (Lipinski definition) is 4. The van der Waals surface area contributed by atoms with Crippen LogP contribution in [0.1, 0.15) is 47.6 Å². The number of likely N-dealkylation sites (tertiary alicyclic amines) is 1. The van der Waals surface area contributed by atoms with Crippen molar-refractivity contribution in [3.63, 3.8) is 0 Å². The molecule has 7 heteroatoms. The predicted octanol–water partition coefficient (Wildman–Crippen LogP) is 3.49. The molecule has 1 aromatic carbocycles. The van der Waals surface area contributed by atoms with E-state index in [1.807, 2.05) is 50.2 Å². The largest absolute Gasteiger partial charge is 0.494 e. The molecule has 7 nitrogen and oxygen atoms in total. The molecule has 3 heterocycles. The second-order valence-corrected chi connectivity index (χ2v) is 7.13. The van der Waals surface area contributed by atoms with Crippen molar-refractivity contribution in [2.24, 2.45) is 7.05 Å². The van der Waals surface area contributed by atoms with Gasteiger partial charge in [0.15, 0.2) is 0 Å². The smallest absolute Gasteiger partial charge is 0.272 e. The Bertz CT molecular complexity index is 973. The first-order valence-corrected chi connectivity index (χ1v) is 9.66. The average molecular weight is 379 g/mol. The molecule has 0 bridgehead atoms. The molecular weight excluding hydrogens is 354 g/mol. The van der Waals surface area contributed by atoms with Crippen molar-refractivity contribution in [2.45, 2.75) is 32.7 Å². The van der Waals surface area contributed by atoms with Crippen molar-refractivity contribution < 1.29 is 9.53 Å². The first-order valence-electron chi connectivity index (χ1n) is 9.66. The Kier molecular flexibility index (Phi) is 4.90. The van der Waals surface area contributed by atoms with Crippen LogP contribution in [0, 0.1) is 6.92 Å². The van der Waals surface area contributed by atoms with Crippen LogP contribution in [0.15, 0.2) is 36.5 Å². The lowest BCUT2D eigenvalue weighted by molar-refractivity contribution is 0.0729. The predicted molar refractivity (Wildman–Crippen MR) is 106 cm³/mol. The lowest BCUT2D eigenvalue weighted by atomic mass is 10.0. The van der Waals surface area contributed by atoms with Crippen LogP contribution in [0.5, 0.6) is 5.75 Å². The minimum absolute atomic E-state index is 0.0170. The number of carbonyl (C=O) groups is 1. The molecular formula is C21H25N5O2. The van der Waals surface area contributed by atoms with Crippen molar-refractivity contribution >= 4 is 5.91 Å². The molecule has 0 saturated carbocycles. The standard InChI is InChI=1S/C21H25N5O2/c1-4-28-16-9-7-15(8-10-16)20-6-5-11-26(20)21(27)19-12-18(22-23-19)17-13-25(3)24-14(17)2/h7-10,12-13,20H,4-6,11H2,1-3H3,(H,22,23). The lowest BCUT2D eigenvalue weighted by Gasteiger charge is -2.24. The summed E-state index contributed by atoms with van der Waals surface area (Å²) in [6.07, 6.45) is 3.87. The second-order valence-electron chi connectivity index (χ2n) is 7.13. The molecule has 0 radical (unpaired) electrons. The third kappa shape index (κ3) is 3.40. The number of amides is 1. The number of ether oxygens (including phenoxy) is 1. The maximum Gasteiger partial charge on any atom is 0.272 e. The van der Waals surface area contributed by atoms with E-state index in [9.17, 15) is 4.79 Å². The molecule has 1 N–H and O–H groups in total. The van der Waals surface area contributed by atoms with E-state index in [1.54, 1.807) is 4.68 Å². The van der Waals surface area contributed by atoms with Crippen LogP contribution in [-0.2, 0) is 7.05 Å². The fourth-order valence-corrected chi connectivity index (χ4v) is 3.88. The summed E-state index contributed by atoms with van der Waals surface area (Å²) in [5.41, 5.74) is 4.21. The number of nitrogens with zero attached hydrogens (tertiary/aromatic N) is 4. The summed E-state index contributed by atoms with van der Waals surface area (Å²) in [5.74, 6) is 0.837. The molecule has 1 fully saturated rings. The van der Waals surface area contributed by atoms with Gasteiger partial charge in [-0.3, -0.25) is 14.6 Å². The van der Waals surface area contributed by atoms with Crippen LogP contribution >= 0.6 is 0 Å². The van der Waals surface area contributed by atoms with Crippen LogP contribution < -0.4 is 4.74 Å². The number of carbonyl (C=O) groups excluding carboxylic acids is 1. The van der Waals surface area contributed by atoms with Crippen molar-refractivity contribution in [1.82, 2.24) is 24.9 Å². The molecule has 1 saturated heterocycles. The van der Waals surface area contributed by atoms with E-state index in [1.165, 1.54) is 0 Å². The third-order valence-electron chi connectivity index (χ3n) is 5.19. The number of rotatable bonds is 5. The maximum atomic E-state index is 13.1. The van der Waals surface area contributed by atoms with Gasteiger partial charge >= 0.3 is 0 Å². The zero-order chi connectivity index (χ0) is 19.7. The minimum Gasteiger partial charge on any atom is -0.494 e. The Hall–Kier alpha value is -3.09. The highest BCUT2D eigenvalue weighted by atomic mass is 16.5. The highest BCUT2D eigenvalue weighted by molar-refractivity contribution is 5.94. The normalized spacial score (nSPS) is 16.5. The number of aromatic nitrogens is 4. The molecule has 28 heavy (non-hydrogen) atoms. The highest BCUT2D eigenvalue weighted by Gasteiger charge is 2.31. The fraction of sp³-hybridized carbons (Fsp3) is 0.381. The van der Waals surface area contributed by atoms with Crippen LogP contribution in [-0.4, -0.2) is 43.9 Å². The summed E-state index contributed by atoms with van der Waals surface area (Å²) in [5, 5.41) is 11.6. The Morgan fingerprint density at radius 2 is 2.11 bits per heavy atom. The SMILES string of the molecule is CCOc1ccc(C2CCCN2C(=O)c2cc(-c3cn(C)nc3C)n[nH]2)cc1. The summed E-state index contributed by atoms with van der Waals surface area (Å²) in [7, 11) is 1.88. The molecule has 2 aromatic heterocycles. The topological polar surface area (TPSA) is 76.0 Å². The zero-order valence-corrected chi connectivity index (χ0v) is 16.5. The summed E-state index contributed by atoms with van der Waals surface area (Å²) in [6.45, 7) is 5.30. The van der Waals surface area contributed by atoms with E-state index in [0.29, 0.717) is 12.3 Å². The number of hydrogen-bond donors (Lipinski definition) is 1. The molecule has 3 aromatic rings. The van der Waals surface area contributed by atoms with Crippen LogP contribution in [0.2, 0.25) is 0 Å². The Labute approximate surface area is 164 Å². The molecule has 1 aliphatic heterocycles. The van der Waals surface area contributed by atoms with E-state index < -0.39 is 0 Å². The van der Waals surface area contributed by atoms with E-state index >= 15 is 0 Å². The van der Waals surface area contributed by atoms with E-state index in [-0.39, 0.29) is 11.9 Å². The van der Waals surface area contributed by atoms with Gasteiger partial charge in [-0.2, -0.15) is 10.2 Å². The molecule has 1 amide bonds. The lowest BCUT2D eigenvalue weighted by Crippen LogP contribution is -2.30. The van der Waals surface area contributed by atoms with Gasteiger partial charge in [-0.25, -0.2) is 0 Å². The number of aromatic amines is 1. The monoisotopic (exact) mass is 379 g/mol. The Morgan fingerprint density at radius 1 is 1.32 bits per heavy atom. The Morgan fingerprint density at radius 3 is 2.79 bits per heavy atom. The molecule has 146 valence electrons. The Balaban J connectivity index is 1.54. The molecule has 0 spiro atoms. The van der Waals surface area contributed by atoms with Gasteiger partial charge in [0.1, 0.15) is 11.4 Å². The molecule has 1 atom stereocenters. The number of nitrogens with one attached hydrogen (secondary N) is 1. The van der Waals surface area contributed by atoms with Crippen molar-refractivity contribution in [3.8, 4) is 17.0 Å². The van der Waals surface area contributed by atoms with E-state index in [2.05, 4.69) is 27.4 Å². The summed E-state index contributed by atoms with van der Waals surface area (Å²) >= 11 is 0. The van der Waals surface area contributed by atoms with Crippen molar-refractivity contribution in [2.75, 3.05) is 13.2 Å². The molecule has 4 rings (SSSR count). The van der Waals surface area contributed by atoms with E-state index in [4.69, 9.17) is 4.74 Å². The minimum atomic E-state index is -0.0170. The van der Waals surface area contributed by atoms with E-state index in [0.717, 1.165) is 47.7 Å². The fourth-order valence-electron chi connectivity index (χ4n) is 3.88. The van der Waals surface area contributed by atoms with Crippen molar-refractivity contribution in [3.05, 3.63) is 53.5 Å². The summed E-state index contributed by atoms with van der Waals surface area (Å²) < 4.78 is 7.28. The number of benzene rings is 1.